The molecule has 7 heteroatoms. The lowest BCUT2D eigenvalue weighted by Gasteiger charge is -2.36. The molecular weight excluding hydrogens is 400 g/mol. The Hall–Kier alpha value is -3.00. The van der Waals surface area contributed by atoms with E-state index in [4.69, 9.17) is 0 Å². The molecule has 0 saturated carbocycles. The van der Waals surface area contributed by atoms with Crippen LogP contribution in [0.4, 0.5) is 0 Å². The van der Waals surface area contributed by atoms with Gasteiger partial charge in [0.2, 0.25) is 0 Å². The number of nitrogens with zero attached hydrogens (tertiary/aromatic N) is 5. The number of piperazine rings is 1. The van der Waals surface area contributed by atoms with Crippen molar-refractivity contribution in [2.24, 2.45) is 5.92 Å². The molecule has 1 aliphatic heterocycles. The summed E-state index contributed by atoms with van der Waals surface area (Å²) in [4.78, 5) is 8.40. The van der Waals surface area contributed by atoms with Crippen LogP contribution >= 0.6 is 0 Å². The molecule has 2 aromatic heterocycles. The van der Waals surface area contributed by atoms with E-state index < -0.39 is 0 Å². The minimum Gasteiger partial charge on any atom is -0.396 e. The highest BCUT2D eigenvalue weighted by molar-refractivity contribution is 5.85. The molecule has 3 heterocycles. The topological polar surface area (TPSA) is 73.2 Å². The minimum absolute atomic E-state index is 0.196. The average Bonchev–Trinajstić information content (AvgIpc) is 3.51. The van der Waals surface area contributed by atoms with Crippen molar-refractivity contribution in [1.82, 2.24) is 29.5 Å². The Bertz CT molecular complexity index is 1120. The molecule has 166 valence electrons. The van der Waals surface area contributed by atoms with Crippen LogP contribution in [0, 0.1) is 5.92 Å². The first-order chi connectivity index (χ1) is 15.8. The number of fused-ring (bicyclic) bond motifs is 1. The zero-order valence-corrected chi connectivity index (χ0v) is 18.3. The van der Waals surface area contributed by atoms with Crippen LogP contribution in [0.1, 0.15) is 11.1 Å². The van der Waals surface area contributed by atoms with Crippen molar-refractivity contribution in [3.05, 3.63) is 78.5 Å². The van der Waals surface area contributed by atoms with Crippen LogP contribution in [-0.2, 0) is 13.0 Å². The molecule has 1 saturated heterocycles. The monoisotopic (exact) mass is 430 g/mol. The van der Waals surface area contributed by atoms with E-state index in [1.807, 2.05) is 4.57 Å². The summed E-state index contributed by atoms with van der Waals surface area (Å²) in [5.41, 5.74) is 4.78. The van der Waals surface area contributed by atoms with E-state index in [1.54, 1.807) is 12.7 Å². The molecule has 4 aromatic rings. The van der Waals surface area contributed by atoms with Gasteiger partial charge in [0.15, 0.2) is 0 Å². The molecule has 0 unspecified atom stereocenters. The van der Waals surface area contributed by atoms with Gasteiger partial charge in [0.25, 0.3) is 0 Å². The van der Waals surface area contributed by atoms with Crippen LogP contribution in [0.3, 0.4) is 0 Å². The number of aromatic amines is 1. The lowest BCUT2D eigenvalue weighted by atomic mass is 9.98. The maximum absolute atomic E-state index is 10.1. The van der Waals surface area contributed by atoms with Crippen LogP contribution in [0.25, 0.3) is 16.6 Å². The van der Waals surface area contributed by atoms with Gasteiger partial charge < -0.3 is 15.0 Å². The van der Waals surface area contributed by atoms with Gasteiger partial charge in [-0.15, -0.1) is 10.2 Å². The van der Waals surface area contributed by atoms with Crippen LogP contribution in [0.5, 0.6) is 0 Å². The zero-order valence-electron chi connectivity index (χ0n) is 18.3. The molecule has 2 N–H and O–H groups in total. The second-order valence-electron chi connectivity index (χ2n) is 8.73. The predicted molar refractivity (Wildman–Crippen MR) is 126 cm³/mol. The number of nitrogens with one attached hydrogen (secondary N) is 1. The summed E-state index contributed by atoms with van der Waals surface area (Å²) in [5, 5.41) is 19.1. The first kappa shape index (κ1) is 20.9. The van der Waals surface area contributed by atoms with E-state index in [9.17, 15) is 5.11 Å². The number of hydrogen-bond acceptors (Lipinski definition) is 5. The Kier molecular flexibility index (Phi) is 6.29. The first-order valence-electron chi connectivity index (χ1n) is 11.3. The summed E-state index contributed by atoms with van der Waals surface area (Å²) in [6.45, 7) is 6.38. The highest BCUT2D eigenvalue weighted by Gasteiger charge is 2.21. The highest BCUT2D eigenvalue weighted by atomic mass is 16.3. The Labute approximate surface area is 188 Å². The third-order valence-corrected chi connectivity index (χ3v) is 6.47. The molecule has 5 rings (SSSR count). The number of H-pyrrole nitrogens is 1. The molecular formula is C25H30N6O. The summed E-state index contributed by atoms with van der Waals surface area (Å²) >= 11 is 0. The molecule has 0 bridgehead atoms. The Morgan fingerprint density at radius 3 is 2.44 bits per heavy atom. The fourth-order valence-electron chi connectivity index (χ4n) is 4.66. The van der Waals surface area contributed by atoms with Crippen molar-refractivity contribution in [2.45, 2.75) is 13.0 Å². The number of benzene rings is 2. The van der Waals surface area contributed by atoms with Gasteiger partial charge in [0.05, 0.1) is 0 Å². The second kappa shape index (κ2) is 9.65. The van der Waals surface area contributed by atoms with Crippen LogP contribution < -0.4 is 0 Å². The number of rotatable bonds is 8. The molecule has 1 atom stereocenters. The molecule has 7 nitrogen and oxygen atoms in total. The van der Waals surface area contributed by atoms with Crippen molar-refractivity contribution < 1.29 is 5.11 Å². The summed E-state index contributed by atoms with van der Waals surface area (Å²) in [7, 11) is 0. The Morgan fingerprint density at radius 2 is 1.69 bits per heavy atom. The number of aromatic nitrogens is 4. The van der Waals surface area contributed by atoms with Gasteiger partial charge in [0, 0.05) is 68.7 Å². The normalized spacial score (nSPS) is 16.5. The lowest BCUT2D eigenvalue weighted by Crippen LogP contribution is -2.47. The molecule has 0 amide bonds. The molecule has 0 aliphatic carbocycles. The van der Waals surface area contributed by atoms with Gasteiger partial charge >= 0.3 is 0 Å². The van der Waals surface area contributed by atoms with Gasteiger partial charge in [-0.05, 0) is 41.7 Å². The van der Waals surface area contributed by atoms with E-state index in [-0.39, 0.29) is 12.5 Å². The highest BCUT2D eigenvalue weighted by Crippen LogP contribution is 2.24. The second-order valence-corrected chi connectivity index (χ2v) is 8.73. The van der Waals surface area contributed by atoms with Crippen LogP contribution in [0.2, 0.25) is 0 Å². The maximum Gasteiger partial charge on any atom is 0.123 e. The summed E-state index contributed by atoms with van der Waals surface area (Å²) in [6, 6.07) is 17.0. The maximum atomic E-state index is 10.1. The quantitative estimate of drug-likeness (QED) is 0.450. The van der Waals surface area contributed by atoms with E-state index in [2.05, 4.69) is 79.7 Å². The number of hydrogen-bond donors (Lipinski definition) is 2. The number of aliphatic hydroxyl groups is 1. The minimum atomic E-state index is 0.196. The number of aliphatic hydroxyl groups excluding tert-OH is 1. The fraction of sp³-hybridized carbons (Fsp3) is 0.360. The molecule has 0 spiro atoms. The van der Waals surface area contributed by atoms with Gasteiger partial charge in [-0.3, -0.25) is 9.47 Å². The third-order valence-electron chi connectivity index (χ3n) is 6.47. The summed E-state index contributed by atoms with van der Waals surface area (Å²) < 4.78 is 1.91. The SMILES string of the molecule is OC[C@H](Cc1c[nH]c2ccc(-n3cnnc3)cc12)CN1CCN(Cc2ccccc2)CC1. The van der Waals surface area contributed by atoms with Gasteiger partial charge in [-0.2, -0.15) is 0 Å². The van der Waals surface area contributed by atoms with Gasteiger partial charge in [0.1, 0.15) is 12.7 Å². The largest absolute Gasteiger partial charge is 0.396 e. The van der Waals surface area contributed by atoms with Crippen molar-refractivity contribution in [3.63, 3.8) is 0 Å². The fourth-order valence-corrected chi connectivity index (χ4v) is 4.66. The van der Waals surface area contributed by atoms with E-state index in [0.717, 1.165) is 56.9 Å². The molecule has 2 aromatic carbocycles. The Balaban J connectivity index is 1.20. The summed E-state index contributed by atoms with van der Waals surface area (Å²) in [6.07, 6.45) is 6.36. The van der Waals surface area contributed by atoms with Gasteiger partial charge in [-0.1, -0.05) is 30.3 Å². The van der Waals surface area contributed by atoms with E-state index in [1.165, 1.54) is 16.5 Å². The standard InChI is InChI=1S/C25H30N6O/c32-17-21(16-30-10-8-29(9-11-30)15-20-4-2-1-3-5-20)12-22-14-26-25-7-6-23(13-24(22)25)31-18-27-28-19-31/h1-7,13-14,18-19,21,26,32H,8-12,15-17H2/t21-/m1/s1. The van der Waals surface area contributed by atoms with Gasteiger partial charge in [-0.25, -0.2) is 0 Å². The van der Waals surface area contributed by atoms with Crippen molar-refractivity contribution in [1.29, 1.82) is 0 Å². The zero-order chi connectivity index (χ0) is 21.8. The Morgan fingerprint density at radius 1 is 0.938 bits per heavy atom. The third kappa shape index (κ3) is 4.75. The predicted octanol–water partition coefficient (Wildman–Crippen LogP) is 2.72. The van der Waals surface area contributed by atoms with Crippen LogP contribution in [-0.4, -0.2) is 74.0 Å². The van der Waals surface area contributed by atoms with Crippen molar-refractivity contribution >= 4 is 10.9 Å². The van der Waals surface area contributed by atoms with Crippen LogP contribution in [0.15, 0.2) is 67.4 Å². The van der Waals surface area contributed by atoms with E-state index in [0.29, 0.717) is 0 Å². The first-order valence-corrected chi connectivity index (χ1v) is 11.3. The average molecular weight is 431 g/mol. The molecule has 32 heavy (non-hydrogen) atoms. The molecule has 0 radical (unpaired) electrons. The van der Waals surface area contributed by atoms with E-state index >= 15 is 0 Å². The smallest absolute Gasteiger partial charge is 0.123 e. The summed E-state index contributed by atoms with van der Waals surface area (Å²) in [5.74, 6) is 0.216. The lowest BCUT2D eigenvalue weighted by molar-refractivity contribution is 0.0970. The molecule has 1 fully saturated rings. The van der Waals surface area contributed by atoms with Crippen molar-refractivity contribution in [2.75, 3.05) is 39.3 Å². The molecule has 1 aliphatic rings. The van der Waals surface area contributed by atoms with Crippen molar-refractivity contribution in [3.8, 4) is 5.69 Å².